The number of nitrogens with two attached hydrogens (primary N) is 1. The van der Waals surface area contributed by atoms with Crippen molar-refractivity contribution in [2.75, 3.05) is 18.4 Å². The van der Waals surface area contributed by atoms with Gasteiger partial charge in [-0.05, 0) is 6.07 Å². The molecule has 1 rings (SSSR count). The maximum atomic E-state index is 10.7. The van der Waals surface area contributed by atoms with Gasteiger partial charge in [0.05, 0.1) is 10.6 Å². The molecule has 0 atom stereocenters. The average Bonchev–Trinajstić information content (AvgIpc) is 2.16. The Bertz CT molecular complexity index is 343. The number of carboxylic acids is 1. The summed E-state index contributed by atoms with van der Waals surface area (Å²) < 4.78 is 0. The third kappa shape index (κ3) is 2.58. The van der Waals surface area contributed by atoms with Crippen molar-refractivity contribution in [2.24, 2.45) is 5.73 Å². The second-order valence-electron chi connectivity index (χ2n) is 2.57. The summed E-state index contributed by atoms with van der Waals surface area (Å²) in [6.07, 6.45) is 1.30. The monoisotopic (exact) mass is 215 g/mol. The maximum Gasteiger partial charge on any atom is 0.337 e. The number of nitrogens with one attached hydrogen (secondary N) is 1. The van der Waals surface area contributed by atoms with E-state index in [9.17, 15) is 4.79 Å². The minimum atomic E-state index is -1.08. The third-order valence-electron chi connectivity index (χ3n) is 1.54. The van der Waals surface area contributed by atoms with E-state index < -0.39 is 5.97 Å². The molecule has 0 amide bonds. The van der Waals surface area contributed by atoms with Crippen molar-refractivity contribution in [3.05, 3.63) is 22.8 Å². The summed E-state index contributed by atoms with van der Waals surface area (Å²) in [6, 6.07) is 1.38. The largest absolute Gasteiger partial charge is 0.478 e. The fourth-order valence-corrected chi connectivity index (χ4v) is 1.08. The van der Waals surface area contributed by atoms with E-state index in [4.69, 9.17) is 22.4 Å². The van der Waals surface area contributed by atoms with Crippen LogP contribution in [0.5, 0.6) is 0 Å². The van der Waals surface area contributed by atoms with Crippen molar-refractivity contribution in [2.45, 2.75) is 0 Å². The summed E-state index contributed by atoms with van der Waals surface area (Å²) in [7, 11) is 0. The molecule has 1 aromatic heterocycles. The summed E-state index contributed by atoms with van der Waals surface area (Å²) in [5.74, 6) is -0.620. The SMILES string of the molecule is NCCNc1cc(C(=O)O)c(Cl)cn1. The summed E-state index contributed by atoms with van der Waals surface area (Å²) in [5, 5.41) is 11.7. The number of pyridine rings is 1. The molecule has 0 unspecified atom stereocenters. The number of halogens is 1. The minimum Gasteiger partial charge on any atom is -0.478 e. The van der Waals surface area contributed by atoms with Crippen molar-refractivity contribution in [3.8, 4) is 0 Å². The molecule has 0 aliphatic carbocycles. The van der Waals surface area contributed by atoms with Gasteiger partial charge < -0.3 is 16.2 Å². The van der Waals surface area contributed by atoms with Crippen LogP contribution in [0.4, 0.5) is 5.82 Å². The normalized spacial score (nSPS) is 9.86. The molecule has 5 nitrogen and oxygen atoms in total. The number of nitrogens with zero attached hydrogens (tertiary/aromatic N) is 1. The Morgan fingerprint density at radius 3 is 3.00 bits per heavy atom. The van der Waals surface area contributed by atoms with Crippen molar-refractivity contribution in [1.82, 2.24) is 4.98 Å². The number of hydrogen-bond acceptors (Lipinski definition) is 4. The van der Waals surface area contributed by atoms with Crippen LogP contribution in [0.25, 0.3) is 0 Å². The van der Waals surface area contributed by atoms with Gasteiger partial charge in [-0.1, -0.05) is 11.6 Å². The van der Waals surface area contributed by atoms with E-state index in [1.54, 1.807) is 0 Å². The Kier molecular flexibility index (Phi) is 3.67. The summed E-state index contributed by atoms with van der Waals surface area (Å²) in [5.41, 5.74) is 5.30. The van der Waals surface area contributed by atoms with Gasteiger partial charge in [0.2, 0.25) is 0 Å². The van der Waals surface area contributed by atoms with Crippen molar-refractivity contribution >= 4 is 23.4 Å². The predicted molar refractivity (Wildman–Crippen MR) is 53.8 cm³/mol. The van der Waals surface area contributed by atoms with Gasteiger partial charge in [-0.2, -0.15) is 0 Å². The Balaban J connectivity index is 2.89. The molecular weight excluding hydrogens is 206 g/mol. The topological polar surface area (TPSA) is 88.2 Å². The number of rotatable bonds is 4. The Labute approximate surface area is 85.9 Å². The lowest BCUT2D eigenvalue weighted by molar-refractivity contribution is 0.0697. The van der Waals surface area contributed by atoms with E-state index in [-0.39, 0.29) is 10.6 Å². The van der Waals surface area contributed by atoms with Gasteiger partial charge in [-0.15, -0.1) is 0 Å². The van der Waals surface area contributed by atoms with Gasteiger partial charge in [0.15, 0.2) is 0 Å². The number of aromatic carboxylic acids is 1. The van der Waals surface area contributed by atoms with E-state index >= 15 is 0 Å². The highest BCUT2D eigenvalue weighted by atomic mass is 35.5. The second kappa shape index (κ2) is 4.78. The van der Waals surface area contributed by atoms with Gasteiger partial charge in [-0.25, -0.2) is 9.78 Å². The molecule has 0 saturated heterocycles. The standard InChI is InChI=1S/C8H10ClN3O2/c9-6-4-12-7(11-2-1-10)3-5(6)8(13)14/h3-4H,1-2,10H2,(H,11,12)(H,13,14). The number of hydrogen-bond donors (Lipinski definition) is 3. The van der Waals surface area contributed by atoms with Crippen molar-refractivity contribution in [1.29, 1.82) is 0 Å². The molecule has 0 bridgehead atoms. The van der Waals surface area contributed by atoms with Crippen LogP contribution in [0.2, 0.25) is 5.02 Å². The second-order valence-corrected chi connectivity index (χ2v) is 2.98. The molecule has 0 aliphatic rings. The molecule has 0 fully saturated rings. The lowest BCUT2D eigenvalue weighted by atomic mass is 10.2. The predicted octanol–water partition coefficient (Wildman–Crippen LogP) is 0.804. The fraction of sp³-hybridized carbons (Fsp3) is 0.250. The van der Waals surface area contributed by atoms with Crippen LogP contribution >= 0.6 is 11.6 Å². The van der Waals surface area contributed by atoms with Gasteiger partial charge >= 0.3 is 5.97 Å². The van der Waals surface area contributed by atoms with Crippen LogP contribution in [-0.4, -0.2) is 29.1 Å². The van der Waals surface area contributed by atoms with Gasteiger partial charge in [-0.3, -0.25) is 0 Å². The van der Waals surface area contributed by atoms with Crippen LogP contribution in [0.1, 0.15) is 10.4 Å². The molecule has 6 heteroatoms. The number of aromatic nitrogens is 1. The Morgan fingerprint density at radius 2 is 2.43 bits per heavy atom. The highest BCUT2D eigenvalue weighted by Crippen LogP contribution is 2.17. The molecule has 0 spiro atoms. The summed E-state index contributed by atoms with van der Waals surface area (Å²) in [6.45, 7) is 0.987. The summed E-state index contributed by atoms with van der Waals surface area (Å²) in [4.78, 5) is 14.6. The molecule has 14 heavy (non-hydrogen) atoms. The number of carbonyl (C=O) groups is 1. The molecule has 4 N–H and O–H groups in total. The molecule has 0 radical (unpaired) electrons. The van der Waals surface area contributed by atoms with Crippen LogP contribution in [0.15, 0.2) is 12.3 Å². The quantitative estimate of drug-likeness (QED) is 0.692. The fourth-order valence-electron chi connectivity index (χ4n) is 0.899. The van der Waals surface area contributed by atoms with Gasteiger partial charge in [0.1, 0.15) is 5.82 Å². The van der Waals surface area contributed by atoms with Crippen molar-refractivity contribution < 1.29 is 9.90 Å². The minimum absolute atomic E-state index is 0.0289. The zero-order valence-corrected chi connectivity index (χ0v) is 8.08. The summed E-state index contributed by atoms with van der Waals surface area (Å²) >= 11 is 5.63. The van der Waals surface area contributed by atoms with Crippen LogP contribution in [0.3, 0.4) is 0 Å². The van der Waals surface area contributed by atoms with E-state index in [0.717, 1.165) is 0 Å². The number of carboxylic acid groups (broad SMARTS) is 1. The van der Waals surface area contributed by atoms with E-state index in [0.29, 0.717) is 18.9 Å². The van der Waals surface area contributed by atoms with Crippen molar-refractivity contribution in [3.63, 3.8) is 0 Å². The van der Waals surface area contributed by atoms with Crippen LogP contribution < -0.4 is 11.1 Å². The molecule has 1 heterocycles. The van der Waals surface area contributed by atoms with Crippen LogP contribution in [-0.2, 0) is 0 Å². The molecule has 1 aromatic rings. The smallest absolute Gasteiger partial charge is 0.337 e. The van der Waals surface area contributed by atoms with Crippen LogP contribution in [0, 0.1) is 0 Å². The Morgan fingerprint density at radius 1 is 1.71 bits per heavy atom. The first-order valence-corrected chi connectivity index (χ1v) is 4.35. The zero-order chi connectivity index (χ0) is 10.6. The van der Waals surface area contributed by atoms with Gasteiger partial charge in [0, 0.05) is 19.3 Å². The average molecular weight is 216 g/mol. The molecule has 0 aromatic carbocycles. The Hall–Kier alpha value is -1.33. The lowest BCUT2D eigenvalue weighted by Crippen LogP contribution is -2.14. The molecule has 0 aliphatic heterocycles. The van der Waals surface area contributed by atoms with E-state index in [1.165, 1.54) is 12.3 Å². The maximum absolute atomic E-state index is 10.7. The molecule has 0 saturated carbocycles. The lowest BCUT2D eigenvalue weighted by Gasteiger charge is -2.05. The molecular formula is C8H10ClN3O2. The third-order valence-corrected chi connectivity index (χ3v) is 1.84. The first-order valence-electron chi connectivity index (χ1n) is 3.98. The number of anilines is 1. The highest BCUT2D eigenvalue weighted by molar-refractivity contribution is 6.33. The highest BCUT2D eigenvalue weighted by Gasteiger charge is 2.09. The first kappa shape index (κ1) is 10.7. The van der Waals surface area contributed by atoms with E-state index in [1.807, 2.05) is 0 Å². The van der Waals surface area contributed by atoms with E-state index in [2.05, 4.69) is 10.3 Å². The van der Waals surface area contributed by atoms with Gasteiger partial charge in [0.25, 0.3) is 0 Å². The molecule has 76 valence electrons. The first-order chi connectivity index (χ1) is 6.65. The zero-order valence-electron chi connectivity index (χ0n) is 7.33.